The number of amides is 2. The van der Waals surface area contributed by atoms with Gasteiger partial charge in [0.05, 0.1) is 0 Å². The Morgan fingerprint density at radius 2 is 1.53 bits per heavy atom. The molecule has 0 unspecified atom stereocenters. The monoisotopic (exact) mass is 504 g/mol. The third-order valence-electron chi connectivity index (χ3n) is 6.26. The van der Waals surface area contributed by atoms with E-state index in [4.69, 9.17) is 11.6 Å². The first-order valence-electron chi connectivity index (χ1n) is 12.8. The van der Waals surface area contributed by atoms with Crippen LogP contribution in [0.4, 0.5) is 0 Å². The molecule has 0 aliphatic rings. The Hall–Kier alpha value is -3.11. The zero-order chi connectivity index (χ0) is 25.9. The van der Waals surface area contributed by atoms with Crippen molar-refractivity contribution in [2.45, 2.75) is 59.0 Å². The van der Waals surface area contributed by atoms with Crippen molar-refractivity contribution < 1.29 is 9.59 Å². The van der Waals surface area contributed by atoms with Gasteiger partial charge in [-0.2, -0.15) is 0 Å². The maximum Gasteiger partial charge on any atom is 0.243 e. The molecule has 0 aliphatic carbocycles. The van der Waals surface area contributed by atoms with Crippen LogP contribution in [0.1, 0.15) is 49.4 Å². The smallest absolute Gasteiger partial charge is 0.243 e. The van der Waals surface area contributed by atoms with Gasteiger partial charge in [-0.3, -0.25) is 9.59 Å². The van der Waals surface area contributed by atoms with Crippen molar-refractivity contribution in [1.29, 1.82) is 0 Å². The fourth-order valence-corrected chi connectivity index (χ4v) is 4.36. The molecule has 0 bridgehead atoms. The molecule has 2 amide bonds. The molecule has 0 aliphatic heterocycles. The number of benzene rings is 3. The molecule has 4 nitrogen and oxygen atoms in total. The van der Waals surface area contributed by atoms with Crippen LogP contribution in [0, 0.1) is 5.92 Å². The Morgan fingerprint density at radius 3 is 2.17 bits per heavy atom. The van der Waals surface area contributed by atoms with E-state index in [1.165, 1.54) is 5.56 Å². The fourth-order valence-electron chi connectivity index (χ4n) is 4.15. The molecule has 0 saturated heterocycles. The highest BCUT2D eigenvalue weighted by Crippen LogP contribution is 2.19. The van der Waals surface area contributed by atoms with E-state index in [9.17, 15) is 9.59 Å². The molecule has 190 valence electrons. The number of nitrogens with one attached hydrogen (secondary N) is 1. The third-order valence-corrected chi connectivity index (χ3v) is 6.49. The number of nitrogens with zero attached hydrogens (tertiary/aromatic N) is 1. The highest BCUT2D eigenvalue weighted by atomic mass is 35.5. The Morgan fingerprint density at radius 1 is 0.861 bits per heavy atom. The van der Waals surface area contributed by atoms with Gasteiger partial charge >= 0.3 is 0 Å². The van der Waals surface area contributed by atoms with Crippen molar-refractivity contribution >= 4 is 23.4 Å². The van der Waals surface area contributed by atoms with Crippen molar-refractivity contribution in [2.24, 2.45) is 5.92 Å². The van der Waals surface area contributed by atoms with Crippen LogP contribution in [0.3, 0.4) is 0 Å². The normalized spacial score (nSPS) is 11.8. The van der Waals surface area contributed by atoms with Crippen molar-refractivity contribution in [1.82, 2.24) is 10.2 Å². The molecular weight excluding hydrogens is 468 g/mol. The molecule has 0 radical (unpaired) electrons. The molecule has 3 aromatic rings. The van der Waals surface area contributed by atoms with Crippen LogP contribution >= 0.6 is 11.6 Å². The van der Waals surface area contributed by atoms with E-state index in [1.807, 2.05) is 54.6 Å². The molecule has 0 saturated carbocycles. The molecule has 3 aromatic carbocycles. The molecule has 0 aromatic heterocycles. The van der Waals surface area contributed by atoms with Crippen LogP contribution in [0.5, 0.6) is 0 Å². The van der Waals surface area contributed by atoms with Crippen molar-refractivity contribution in [3.05, 3.63) is 106 Å². The summed E-state index contributed by atoms with van der Waals surface area (Å²) in [5.74, 6) is 0.139. The van der Waals surface area contributed by atoms with Gasteiger partial charge in [0, 0.05) is 31.0 Å². The van der Waals surface area contributed by atoms with Crippen LogP contribution in [0.25, 0.3) is 0 Å². The Kier molecular flexibility index (Phi) is 10.6. The summed E-state index contributed by atoms with van der Waals surface area (Å²) < 4.78 is 0. The van der Waals surface area contributed by atoms with Gasteiger partial charge in [-0.25, -0.2) is 0 Å². The van der Waals surface area contributed by atoms with Crippen LogP contribution in [-0.2, 0) is 35.4 Å². The van der Waals surface area contributed by atoms with Gasteiger partial charge in [-0.05, 0) is 53.1 Å². The number of aryl methyl sites for hydroxylation is 2. The number of hydrogen-bond donors (Lipinski definition) is 1. The summed E-state index contributed by atoms with van der Waals surface area (Å²) in [4.78, 5) is 28.9. The largest absolute Gasteiger partial charge is 0.354 e. The molecule has 1 atom stereocenters. The van der Waals surface area contributed by atoms with Crippen LogP contribution < -0.4 is 5.32 Å². The van der Waals surface area contributed by atoms with Crippen molar-refractivity contribution in [2.75, 3.05) is 6.54 Å². The first kappa shape index (κ1) is 27.5. The number of halogens is 1. The summed E-state index contributed by atoms with van der Waals surface area (Å²) in [5, 5.41) is 3.67. The maximum absolute atomic E-state index is 13.7. The minimum Gasteiger partial charge on any atom is -0.354 e. The second-order valence-corrected chi connectivity index (χ2v) is 10.1. The van der Waals surface area contributed by atoms with E-state index in [-0.39, 0.29) is 11.8 Å². The van der Waals surface area contributed by atoms with Crippen LogP contribution in [-0.4, -0.2) is 29.3 Å². The maximum atomic E-state index is 13.7. The number of carbonyl (C=O) groups excluding carboxylic acids is 2. The first-order chi connectivity index (χ1) is 17.4. The number of carbonyl (C=O) groups is 2. The second kappa shape index (κ2) is 13.8. The highest BCUT2D eigenvalue weighted by Gasteiger charge is 2.30. The SMILES string of the molecule is CCc1ccc(CCC(=O)N(Cc2cccc(Cl)c2)[C@@H](Cc2ccccc2)C(=O)NCC(C)C)cc1. The molecule has 36 heavy (non-hydrogen) atoms. The summed E-state index contributed by atoms with van der Waals surface area (Å²) >= 11 is 6.25. The lowest BCUT2D eigenvalue weighted by molar-refractivity contribution is -0.141. The predicted molar refractivity (Wildman–Crippen MR) is 148 cm³/mol. The lowest BCUT2D eigenvalue weighted by Crippen LogP contribution is -2.51. The first-order valence-corrected chi connectivity index (χ1v) is 13.2. The van der Waals surface area contributed by atoms with Gasteiger partial charge in [-0.15, -0.1) is 0 Å². The zero-order valence-corrected chi connectivity index (χ0v) is 22.3. The Balaban J connectivity index is 1.88. The fraction of sp³-hybridized carbons (Fsp3) is 0.355. The molecule has 0 heterocycles. The van der Waals surface area contributed by atoms with Gasteiger partial charge in [0.1, 0.15) is 6.04 Å². The Bertz CT molecular complexity index is 1110. The topological polar surface area (TPSA) is 49.4 Å². The summed E-state index contributed by atoms with van der Waals surface area (Å²) in [6.07, 6.45) is 2.39. The van der Waals surface area contributed by atoms with Gasteiger partial charge in [0.25, 0.3) is 0 Å². The summed E-state index contributed by atoms with van der Waals surface area (Å²) in [5.41, 5.74) is 4.31. The quantitative estimate of drug-likeness (QED) is 0.317. The van der Waals surface area contributed by atoms with E-state index in [1.54, 1.807) is 4.90 Å². The minimum absolute atomic E-state index is 0.0461. The second-order valence-electron chi connectivity index (χ2n) is 9.67. The highest BCUT2D eigenvalue weighted by molar-refractivity contribution is 6.30. The van der Waals surface area contributed by atoms with Crippen molar-refractivity contribution in [3.63, 3.8) is 0 Å². The van der Waals surface area contributed by atoms with Gasteiger partial charge < -0.3 is 10.2 Å². The Labute approximate surface area is 220 Å². The molecule has 5 heteroatoms. The van der Waals surface area contributed by atoms with E-state index in [0.29, 0.717) is 43.3 Å². The van der Waals surface area contributed by atoms with Crippen molar-refractivity contribution in [3.8, 4) is 0 Å². The summed E-state index contributed by atoms with van der Waals surface area (Å²) in [6.45, 7) is 7.13. The zero-order valence-electron chi connectivity index (χ0n) is 21.5. The van der Waals surface area contributed by atoms with Gasteiger partial charge in [0.2, 0.25) is 11.8 Å². The predicted octanol–water partition coefficient (Wildman–Crippen LogP) is 6.25. The molecule has 3 rings (SSSR count). The molecule has 1 N–H and O–H groups in total. The van der Waals surface area contributed by atoms with E-state index >= 15 is 0 Å². The minimum atomic E-state index is -0.625. The third kappa shape index (κ3) is 8.53. The number of hydrogen-bond acceptors (Lipinski definition) is 2. The van der Waals surface area contributed by atoms with Gasteiger partial charge in [-0.1, -0.05) is 99.1 Å². The average molecular weight is 505 g/mol. The average Bonchev–Trinajstić information content (AvgIpc) is 2.88. The van der Waals surface area contributed by atoms with E-state index in [2.05, 4.69) is 50.4 Å². The summed E-state index contributed by atoms with van der Waals surface area (Å²) in [7, 11) is 0. The van der Waals surface area contributed by atoms with E-state index in [0.717, 1.165) is 23.1 Å². The molecular formula is C31H37ClN2O2. The van der Waals surface area contributed by atoms with Crippen LogP contribution in [0.2, 0.25) is 5.02 Å². The lowest BCUT2D eigenvalue weighted by atomic mass is 10.0. The molecule has 0 spiro atoms. The molecule has 0 fully saturated rings. The number of rotatable bonds is 12. The van der Waals surface area contributed by atoms with E-state index < -0.39 is 6.04 Å². The lowest BCUT2D eigenvalue weighted by Gasteiger charge is -2.32. The summed E-state index contributed by atoms with van der Waals surface area (Å²) in [6, 6.07) is 25.1. The standard InChI is InChI=1S/C31H37ClN2O2/c1-4-24-13-15-25(16-14-24)17-18-30(35)34(22-27-11-8-12-28(32)19-27)29(31(36)33-21-23(2)3)20-26-9-6-5-7-10-26/h5-16,19,23,29H,4,17-18,20-22H2,1-3H3,(H,33,36)/t29-/m0/s1. The van der Waals surface area contributed by atoms with Gasteiger partial charge in [0.15, 0.2) is 0 Å². The van der Waals surface area contributed by atoms with Crippen LogP contribution in [0.15, 0.2) is 78.9 Å².